The Balaban J connectivity index is 1.92. The van der Waals surface area contributed by atoms with E-state index in [2.05, 4.69) is 10.5 Å². The van der Waals surface area contributed by atoms with Crippen molar-refractivity contribution in [2.24, 2.45) is 5.10 Å². The normalized spacial score (nSPS) is 10.2. The number of halogens is 1. The summed E-state index contributed by atoms with van der Waals surface area (Å²) in [6.07, 6.45) is 1.24. The molecule has 0 aliphatic heterocycles. The van der Waals surface area contributed by atoms with E-state index in [4.69, 9.17) is 21.6 Å². The molecule has 1 N–H and O–H groups in total. The molecule has 0 spiro atoms. The largest absolute Gasteiger partial charge is 0.482 e. The van der Waals surface area contributed by atoms with Gasteiger partial charge in [0, 0.05) is 11.6 Å². The minimum Gasteiger partial charge on any atom is -0.482 e. The van der Waals surface area contributed by atoms with Crippen LogP contribution in [0, 0.1) is 21.4 Å². The standard InChI is InChI=1S/C16H11ClN4O4/c17-13-6-5-11(7-14(13)21(23)24)9-19-20-16(22)10-25-15-4-2-1-3-12(15)8-18/h1-7,9H,10H2,(H,20,22)/b19-9-. The highest BCUT2D eigenvalue weighted by Gasteiger charge is 2.12. The van der Waals surface area contributed by atoms with E-state index < -0.39 is 10.8 Å². The quantitative estimate of drug-likeness (QED) is 0.484. The Hall–Kier alpha value is -3.44. The number of nitro benzene ring substituents is 1. The molecule has 2 rings (SSSR count). The number of para-hydroxylation sites is 1. The maximum absolute atomic E-state index is 11.7. The first-order valence-electron chi connectivity index (χ1n) is 6.89. The third kappa shape index (κ3) is 5.02. The maximum atomic E-state index is 11.7. The van der Waals surface area contributed by atoms with Gasteiger partial charge in [-0.3, -0.25) is 14.9 Å². The zero-order valence-corrected chi connectivity index (χ0v) is 13.4. The summed E-state index contributed by atoms with van der Waals surface area (Å²) in [6, 6.07) is 12.6. The van der Waals surface area contributed by atoms with E-state index >= 15 is 0 Å². The molecule has 0 saturated heterocycles. The van der Waals surface area contributed by atoms with Gasteiger partial charge in [0.2, 0.25) is 0 Å². The number of nitriles is 1. The summed E-state index contributed by atoms with van der Waals surface area (Å²) >= 11 is 5.70. The number of nitrogens with one attached hydrogen (secondary N) is 1. The second-order valence-corrected chi connectivity index (χ2v) is 5.06. The molecule has 0 bridgehead atoms. The summed E-state index contributed by atoms with van der Waals surface area (Å²) in [5.41, 5.74) is 2.67. The highest BCUT2D eigenvalue weighted by Crippen LogP contribution is 2.24. The number of nitro groups is 1. The average molecular weight is 359 g/mol. The molecule has 0 saturated carbocycles. The molecule has 0 fully saturated rings. The van der Waals surface area contributed by atoms with Crippen molar-refractivity contribution >= 4 is 29.4 Å². The zero-order valence-electron chi connectivity index (χ0n) is 12.7. The third-order valence-electron chi connectivity index (χ3n) is 2.94. The summed E-state index contributed by atoms with van der Waals surface area (Å²) < 4.78 is 5.24. The molecule has 126 valence electrons. The van der Waals surface area contributed by atoms with Crippen LogP contribution in [0.5, 0.6) is 5.75 Å². The Bertz CT molecular complexity index is 877. The lowest BCUT2D eigenvalue weighted by atomic mass is 10.2. The summed E-state index contributed by atoms with van der Waals surface area (Å²) in [6.45, 7) is -0.337. The van der Waals surface area contributed by atoms with Crippen LogP contribution in [0.1, 0.15) is 11.1 Å². The van der Waals surface area contributed by atoms with Crippen LogP contribution >= 0.6 is 11.6 Å². The van der Waals surface area contributed by atoms with Crippen LogP contribution in [0.3, 0.4) is 0 Å². The Morgan fingerprint density at radius 2 is 2.16 bits per heavy atom. The van der Waals surface area contributed by atoms with Crippen molar-refractivity contribution < 1.29 is 14.5 Å². The molecular formula is C16H11ClN4O4. The number of hydrogen-bond donors (Lipinski definition) is 1. The highest BCUT2D eigenvalue weighted by atomic mass is 35.5. The van der Waals surface area contributed by atoms with Crippen LogP contribution in [0.15, 0.2) is 47.6 Å². The number of hydrazone groups is 1. The zero-order chi connectivity index (χ0) is 18.2. The third-order valence-corrected chi connectivity index (χ3v) is 3.26. The molecule has 0 aromatic heterocycles. The van der Waals surface area contributed by atoms with E-state index in [1.165, 1.54) is 24.4 Å². The lowest BCUT2D eigenvalue weighted by Gasteiger charge is -2.06. The summed E-state index contributed by atoms with van der Waals surface area (Å²) in [5, 5.41) is 23.4. The summed E-state index contributed by atoms with van der Waals surface area (Å²) in [5.74, 6) is -0.259. The van der Waals surface area contributed by atoms with E-state index in [9.17, 15) is 14.9 Å². The maximum Gasteiger partial charge on any atom is 0.288 e. The van der Waals surface area contributed by atoms with E-state index in [0.717, 1.165) is 0 Å². The molecule has 8 nitrogen and oxygen atoms in total. The fourth-order valence-corrected chi connectivity index (χ4v) is 1.98. The van der Waals surface area contributed by atoms with Crippen molar-refractivity contribution in [3.05, 3.63) is 68.7 Å². The molecule has 1 amide bonds. The Morgan fingerprint density at radius 3 is 2.88 bits per heavy atom. The second kappa shape index (κ2) is 8.42. The van der Waals surface area contributed by atoms with Crippen molar-refractivity contribution in [2.45, 2.75) is 0 Å². The van der Waals surface area contributed by atoms with Crippen molar-refractivity contribution in [3.8, 4) is 11.8 Å². The van der Waals surface area contributed by atoms with E-state index in [0.29, 0.717) is 11.1 Å². The van der Waals surface area contributed by atoms with Crippen LogP contribution in [-0.2, 0) is 4.79 Å². The number of benzene rings is 2. The lowest BCUT2D eigenvalue weighted by Crippen LogP contribution is -2.24. The summed E-state index contributed by atoms with van der Waals surface area (Å²) in [4.78, 5) is 21.9. The van der Waals surface area contributed by atoms with Gasteiger partial charge in [0.1, 0.15) is 16.8 Å². The van der Waals surface area contributed by atoms with Crippen LogP contribution in [0.25, 0.3) is 0 Å². The number of carbonyl (C=O) groups excluding carboxylic acids is 1. The molecule has 25 heavy (non-hydrogen) atoms. The van der Waals surface area contributed by atoms with E-state index in [-0.39, 0.29) is 23.1 Å². The first-order valence-corrected chi connectivity index (χ1v) is 7.27. The SMILES string of the molecule is N#Cc1ccccc1OCC(=O)N/N=C\c1ccc(Cl)c([N+](=O)[O-])c1. The summed E-state index contributed by atoms with van der Waals surface area (Å²) in [7, 11) is 0. The number of amides is 1. The minimum atomic E-state index is -0.612. The van der Waals surface area contributed by atoms with Crippen molar-refractivity contribution in [3.63, 3.8) is 0 Å². The van der Waals surface area contributed by atoms with Gasteiger partial charge in [-0.25, -0.2) is 5.43 Å². The molecule has 0 atom stereocenters. The van der Waals surface area contributed by atoms with Crippen LogP contribution in [0.2, 0.25) is 5.02 Å². The number of hydrogen-bond acceptors (Lipinski definition) is 6. The molecule has 0 unspecified atom stereocenters. The van der Waals surface area contributed by atoms with Gasteiger partial charge in [-0.1, -0.05) is 29.8 Å². The second-order valence-electron chi connectivity index (χ2n) is 4.66. The Labute approximate surface area is 147 Å². The number of rotatable bonds is 6. The van der Waals surface area contributed by atoms with E-state index in [1.54, 1.807) is 24.3 Å². The van der Waals surface area contributed by atoms with Crippen molar-refractivity contribution in [2.75, 3.05) is 6.61 Å². The van der Waals surface area contributed by atoms with Crippen LogP contribution in [-0.4, -0.2) is 23.7 Å². The molecule has 9 heteroatoms. The monoisotopic (exact) mass is 358 g/mol. The molecule has 0 heterocycles. The smallest absolute Gasteiger partial charge is 0.288 e. The Kier molecular flexibility index (Phi) is 6.03. The molecular weight excluding hydrogens is 348 g/mol. The fraction of sp³-hybridized carbons (Fsp3) is 0.0625. The predicted octanol–water partition coefficient (Wildman–Crippen LogP) is 2.65. The van der Waals surface area contributed by atoms with E-state index in [1.807, 2.05) is 6.07 Å². The molecule has 2 aromatic carbocycles. The molecule has 0 aliphatic carbocycles. The Morgan fingerprint density at radius 1 is 1.40 bits per heavy atom. The van der Waals surface area contributed by atoms with Crippen molar-refractivity contribution in [1.29, 1.82) is 5.26 Å². The first kappa shape index (κ1) is 17.9. The predicted molar refractivity (Wildman–Crippen MR) is 90.5 cm³/mol. The van der Waals surface area contributed by atoms with Gasteiger partial charge < -0.3 is 4.74 Å². The van der Waals surface area contributed by atoms with Crippen LogP contribution < -0.4 is 10.2 Å². The molecule has 0 aliphatic rings. The van der Waals surface area contributed by atoms with Crippen LogP contribution in [0.4, 0.5) is 5.69 Å². The number of ether oxygens (including phenoxy) is 1. The number of nitrogens with zero attached hydrogens (tertiary/aromatic N) is 3. The van der Waals surface area contributed by atoms with Crippen molar-refractivity contribution in [1.82, 2.24) is 5.43 Å². The first-order chi connectivity index (χ1) is 12.0. The number of carbonyl (C=O) groups is 1. The van der Waals surface area contributed by atoms with Gasteiger partial charge in [0.15, 0.2) is 6.61 Å². The minimum absolute atomic E-state index is 0.00995. The van der Waals surface area contributed by atoms with Gasteiger partial charge in [0.25, 0.3) is 11.6 Å². The van der Waals surface area contributed by atoms with Gasteiger partial charge >= 0.3 is 0 Å². The van der Waals surface area contributed by atoms with Gasteiger partial charge in [-0.05, 0) is 18.2 Å². The molecule has 2 aromatic rings. The van der Waals surface area contributed by atoms with Gasteiger partial charge in [-0.15, -0.1) is 0 Å². The average Bonchev–Trinajstić information content (AvgIpc) is 2.61. The lowest BCUT2D eigenvalue weighted by molar-refractivity contribution is -0.384. The van der Waals surface area contributed by atoms with Gasteiger partial charge in [0.05, 0.1) is 16.7 Å². The van der Waals surface area contributed by atoms with Gasteiger partial charge in [-0.2, -0.15) is 10.4 Å². The highest BCUT2D eigenvalue weighted by molar-refractivity contribution is 6.32. The fourth-order valence-electron chi connectivity index (χ4n) is 1.79. The molecule has 0 radical (unpaired) electrons. The topological polar surface area (TPSA) is 118 Å².